The molecule has 96 valence electrons. The van der Waals surface area contributed by atoms with Gasteiger partial charge in [0, 0.05) is 23.7 Å². The zero-order valence-electron chi connectivity index (χ0n) is 10.6. The van der Waals surface area contributed by atoms with Crippen LogP contribution in [0.15, 0.2) is 0 Å². The molecule has 4 nitrogen and oxygen atoms in total. The molecule has 0 bridgehead atoms. The summed E-state index contributed by atoms with van der Waals surface area (Å²) in [5.41, 5.74) is 4.74. The summed E-state index contributed by atoms with van der Waals surface area (Å²) in [6.07, 6.45) is 0.737. The van der Waals surface area contributed by atoms with E-state index in [1.165, 1.54) is 0 Å². The molecule has 2 unspecified atom stereocenters. The molecule has 0 rings (SSSR count). The molecule has 5 heteroatoms. The minimum Gasteiger partial charge on any atom is -0.396 e. The van der Waals surface area contributed by atoms with Crippen molar-refractivity contribution < 1.29 is 9.90 Å². The number of nitrogens with one attached hydrogen (secondary N) is 1. The molecule has 0 aliphatic rings. The maximum absolute atomic E-state index is 11.4. The Labute approximate surface area is 102 Å². The number of carbonyl (C=O) groups is 1. The number of aliphatic hydroxyl groups excluding tert-OH is 1. The zero-order valence-corrected chi connectivity index (χ0v) is 11.4. The van der Waals surface area contributed by atoms with Gasteiger partial charge in [-0.2, -0.15) is 11.8 Å². The van der Waals surface area contributed by atoms with Gasteiger partial charge in [0.1, 0.15) is 5.54 Å². The largest absolute Gasteiger partial charge is 0.396 e. The summed E-state index contributed by atoms with van der Waals surface area (Å²) in [6.45, 7) is 8.02. The van der Waals surface area contributed by atoms with Crippen molar-refractivity contribution in [2.75, 3.05) is 12.4 Å². The Hall–Kier alpha value is -0.260. The fraction of sp³-hybridized carbons (Fsp3) is 0.909. The van der Waals surface area contributed by atoms with Crippen LogP contribution in [-0.2, 0) is 4.79 Å². The number of amides is 1. The lowest BCUT2D eigenvalue weighted by atomic mass is 10.0. The van der Waals surface area contributed by atoms with Gasteiger partial charge in [-0.15, -0.1) is 0 Å². The van der Waals surface area contributed by atoms with Crippen molar-refractivity contribution in [2.24, 2.45) is 5.73 Å². The van der Waals surface area contributed by atoms with Crippen LogP contribution in [0, 0.1) is 0 Å². The summed E-state index contributed by atoms with van der Waals surface area (Å²) in [5.74, 6) is 0.298. The number of rotatable bonds is 8. The molecule has 0 aromatic carbocycles. The Morgan fingerprint density at radius 1 is 1.50 bits per heavy atom. The maximum Gasteiger partial charge on any atom is 0.238 e. The van der Waals surface area contributed by atoms with E-state index < -0.39 is 5.54 Å². The summed E-state index contributed by atoms with van der Waals surface area (Å²) in [7, 11) is 0. The molecule has 0 aliphatic heterocycles. The van der Waals surface area contributed by atoms with Crippen molar-refractivity contribution in [1.29, 1.82) is 0 Å². The van der Waals surface area contributed by atoms with Gasteiger partial charge >= 0.3 is 0 Å². The van der Waals surface area contributed by atoms with Crippen LogP contribution in [0.2, 0.25) is 0 Å². The third-order valence-corrected chi connectivity index (χ3v) is 3.89. The van der Waals surface area contributed by atoms with Gasteiger partial charge in [-0.3, -0.25) is 4.79 Å². The van der Waals surface area contributed by atoms with Crippen molar-refractivity contribution in [3.05, 3.63) is 0 Å². The molecule has 0 fully saturated rings. The number of primary amides is 1. The molecule has 0 aromatic rings. The van der Waals surface area contributed by atoms with E-state index >= 15 is 0 Å². The summed E-state index contributed by atoms with van der Waals surface area (Å²) in [5, 5.41) is 12.3. The molecule has 0 saturated carbocycles. The van der Waals surface area contributed by atoms with Crippen LogP contribution in [-0.4, -0.2) is 40.2 Å². The summed E-state index contributed by atoms with van der Waals surface area (Å²) in [6, 6.07) is 0.214. The van der Waals surface area contributed by atoms with Crippen LogP contribution in [0.5, 0.6) is 0 Å². The Morgan fingerprint density at radius 2 is 2.06 bits per heavy atom. The van der Waals surface area contributed by atoms with Crippen LogP contribution in [0.1, 0.15) is 34.1 Å². The number of nitrogens with two attached hydrogens (primary N) is 1. The fourth-order valence-corrected chi connectivity index (χ4v) is 2.51. The second-order valence-electron chi connectivity index (χ2n) is 4.63. The highest BCUT2D eigenvalue weighted by atomic mass is 32.2. The monoisotopic (exact) mass is 248 g/mol. The minimum absolute atomic E-state index is 0.180. The first-order valence-corrected chi connectivity index (χ1v) is 6.66. The molecule has 0 aromatic heterocycles. The minimum atomic E-state index is -0.678. The number of aliphatic hydroxyl groups is 1. The van der Waals surface area contributed by atoms with Crippen molar-refractivity contribution in [3.8, 4) is 0 Å². The third-order valence-electron chi connectivity index (χ3n) is 2.34. The summed E-state index contributed by atoms with van der Waals surface area (Å²) in [4.78, 5) is 11.4. The molecule has 0 spiro atoms. The first-order valence-electron chi connectivity index (χ1n) is 5.62. The van der Waals surface area contributed by atoms with Gasteiger partial charge < -0.3 is 16.2 Å². The molecule has 0 aliphatic carbocycles. The molecule has 1 amide bonds. The van der Waals surface area contributed by atoms with E-state index in [2.05, 4.69) is 5.32 Å². The topological polar surface area (TPSA) is 75.3 Å². The SMILES string of the molecule is CC(C)NC(C)(CSC(C)CCO)C(N)=O. The summed E-state index contributed by atoms with van der Waals surface area (Å²) >= 11 is 1.65. The number of hydrogen-bond acceptors (Lipinski definition) is 4. The molecule has 16 heavy (non-hydrogen) atoms. The average Bonchev–Trinajstić information content (AvgIpc) is 2.14. The Kier molecular flexibility index (Phi) is 7.03. The second-order valence-corrected chi connectivity index (χ2v) is 6.06. The van der Waals surface area contributed by atoms with Crippen molar-refractivity contribution in [3.63, 3.8) is 0 Å². The normalized spacial score (nSPS) is 17.1. The van der Waals surface area contributed by atoms with E-state index in [0.29, 0.717) is 11.0 Å². The predicted octanol–water partition coefficient (Wildman–Crippen LogP) is 0.733. The maximum atomic E-state index is 11.4. The van der Waals surface area contributed by atoms with Crippen LogP contribution in [0.25, 0.3) is 0 Å². The van der Waals surface area contributed by atoms with Crippen LogP contribution >= 0.6 is 11.8 Å². The molecular weight excluding hydrogens is 224 g/mol. The standard InChI is InChI=1S/C11H24N2O2S/c1-8(2)13-11(4,10(12)15)7-16-9(3)5-6-14/h8-9,13-14H,5-7H2,1-4H3,(H2,12,15). The highest BCUT2D eigenvalue weighted by Crippen LogP contribution is 2.20. The number of hydrogen-bond donors (Lipinski definition) is 3. The van der Waals surface area contributed by atoms with Crippen molar-refractivity contribution >= 4 is 17.7 Å². The fourth-order valence-electron chi connectivity index (χ4n) is 1.40. The Morgan fingerprint density at radius 3 is 2.44 bits per heavy atom. The lowest BCUT2D eigenvalue weighted by Crippen LogP contribution is -2.57. The number of carbonyl (C=O) groups excluding carboxylic acids is 1. The first kappa shape index (κ1) is 15.7. The van der Waals surface area contributed by atoms with Crippen LogP contribution in [0.3, 0.4) is 0 Å². The quantitative estimate of drug-likeness (QED) is 0.592. The molecule has 0 radical (unpaired) electrons. The smallest absolute Gasteiger partial charge is 0.238 e. The van der Waals surface area contributed by atoms with E-state index in [1.807, 2.05) is 27.7 Å². The van der Waals surface area contributed by atoms with Gasteiger partial charge in [-0.05, 0) is 27.2 Å². The lowest BCUT2D eigenvalue weighted by Gasteiger charge is -2.30. The molecule has 2 atom stereocenters. The van der Waals surface area contributed by atoms with E-state index in [-0.39, 0.29) is 18.6 Å². The van der Waals surface area contributed by atoms with E-state index in [4.69, 9.17) is 10.8 Å². The molecular formula is C11H24N2O2S. The zero-order chi connectivity index (χ0) is 12.8. The second kappa shape index (κ2) is 7.14. The van der Waals surface area contributed by atoms with Gasteiger partial charge in [0.25, 0.3) is 0 Å². The average molecular weight is 248 g/mol. The van der Waals surface area contributed by atoms with Crippen LogP contribution in [0.4, 0.5) is 0 Å². The van der Waals surface area contributed by atoms with Gasteiger partial charge in [0.2, 0.25) is 5.91 Å². The molecule has 4 N–H and O–H groups in total. The number of thioether (sulfide) groups is 1. The van der Waals surface area contributed by atoms with E-state index in [1.54, 1.807) is 11.8 Å². The van der Waals surface area contributed by atoms with Gasteiger partial charge in [-0.25, -0.2) is 0 Å². The highest BCUT2D eigenvalue weighted by Gasteiger charge is 2.31. The predicted molar refractivity (Wildman–Crippen MR) is 69.5 cm³/mol. The van der Waals surface area contributed by atoms with Crippen molar-refractivity contribution in [2.45, 2.75) is 50.9 Å². The lowest BCUT2D eigenvalue weighted by molar-refractivity contribution is -0.123. The molecule has 0 saturated heterocycles. The first-order chi connectivity index (χ1) is 7.31. The van der Waals surface area contributed by atoms with Gasteiger partial charge in [-0.1, -0.05) is 6.92 Å². The van der Waals surface area contributed by atoms with Crippen LogP contribution < -0.4 is 11.1 Å². The summed E-state index contributed by atoms with van der Waals surface area (Å²) < 4.78 is 0. The van der Waals surface area contributed by atoms with Gasteiger partial charge in [0.15, 0.2) is 0 Å². The van der Waals surface area contributed by atoms with E-state index in [0.717, 1.165) is 6.42 Å². The highest BCUT2D eigenvalue weighted by molar-refractivity contribution is 8.00. The third kappa shape index (κ3) is 5.72. The van der Waals surface area contributed by atoms with E-state index in [9.17, 15) is 4.79 Å². The Balaban J connectivity index is 4.28. The Bertz CT molecular complexity index is 224. The molecule has 0 heterocycles. The van der Waals surface area contributed by atoms with Crippen molar-refractivity contribution in [1.82, 2.24) is 5.32 Å². The van der Waals surface area contributed by atoms with Gasteiger partial charge in [0.05, 0.1) is 0 Å².